The summed E-state index contributed by atoms with van der Waals surface area (Å²) in [6.45, 7) is 5.65. The SMILES string of the molecule is Cc1ccc(SCCC(=O)N(CCCN(C)C)c2nc3c(C)c(Cl)ccc3s2)cc1. The Bertz CT molecular complexity index is 1000. The lowest BCUT2D eigenvalue weighted by Crippen LogP contribution is -2.33. The third-order valence-electron chi connectivity index (χ3n) is 4.86. The molecule has 1 heterocycles. The normalized spacial score (nSPS) is 11.4. The molecule has 0 unspecified atom stereocenters. The van der Waals surface area contributed by atoms with Gasteiger partial charge >= 0.3 is 0 Å². The van der Waals surface area contributed by atoms with E-state index < -0.39 is 0 Å². The second-order valence-electron chi connectivity index (χ2n) is 7.63. The number of rotatable bonds is 9. The third kappa shape index (κ3) is 5.97. The fourth-order valence-corrected chi connectivity index (χ4v) is 5.16. The zero-order valence-electron chi connectivity index (χ0n) is 17.9. The number of carbonyl (C=O) groups excluding carboxylic acids is 1. The molecule has 0 fully saturated rings. The standard InChI is InChI=1S/C23H28ClN3OS2/c1-16-6-8-18(9-7-16)29-15-12-21(28)27(14-5-13-26(3)4)23-25-22-17(2)19(24)10-11-20(22)30-23/h6-11H,5,12-15H2,1-4H3. The molecule has 0 spiro atoms. The predicted octanol–water partition coefficient (Wildman–Crippen LogP) is 6.03. The Morgan fingerprint density at radius 3 is 2.53 bits per heavy atom. The number of carbonyl (C=O) groups is 1. The van der Waals surface area contributed by atoms with Crippen LogP contribution in [0.4, 0.5) is 5.13 Å². The molecule has 160 valence electrons. The van der Waals surface area contributed by atoms with Gasteiger partial charge in [-0.05, 0) is 70.7 Å². The Hall–Kier alpha value is -1.60. The lowest BCUT2D eigenvalue weighted by atomic mass is 10.2. The summed E-state index contributed by atoms with van der Waals surface area (Å²) in [5, 5.41) is 1.47. The Balaban J connectivity index is 1.73. The van der Waals surface area contributed by atoms with E-state index in [2.05, 4.69) is 36.1 Å². The van der Waals surface area contributed by atoms with E-state index in [1.54, 1.807) is 23.1 Å². The van der Waals surface area contributed by atoms with Gasteiger partial charge in [0.1, 0.15) is 0 Å². The van der Waals surface area contributed by atoms with Crippen molar-refractivity contribution in [2.75, 3.05) is 37.8 Å². The first kappa shape index (κ1) is 23.1. The number of thioether (sulfide) groups is 1. The van der Waals surface area contributed by atoms with Crippen LogP contribution in [0.3, 0.4) is 0 Å². The fourth-order valence-electron chi connectivity index (χ4n) is 3.10. The first-order valence-electron chi connectivity index (χ1n) is 10.1. The van der Waals surface area contributed by atoms with Crippen LogP contribution in [0.15, 0.2) is 41.3 Å². The average Bonchev–Trinajstić information content (AvgIpc) is 3.14. The van der Waals surface area contributed by atoms with Crippen molar-refractivity contribution in [1.29, 1.82) is 0 Å². The number of halogens is 1. The molecule has 0 radical (unpaired) electrons. The van der Waals surface area contributed by atoms with Gasteiger partial charge in [0.25, 0.3) is 0 Å². The molecule has 2 aromatic carbocycles. The van der Waals surface area contributed by atoms with Gasteiger partial charge in [0.05, 0.1) is 10.2 Å². The van der Waals surface area contributed by atoms with E-state index >= 15 is 0 Å². The highest BCUT2D eigenvalue weighted by atomic mass is 35.5. The van der Waals surface area contributed by atoms with Crippen molar-refractivity contribution >= 4 is 56.0 Å². The van der Waals surface area contributed by atoms with E-state index in [9.17, 15) is 4.79 Å². The van der Waals surface area contributed by atoms with Crippen LogP contribution in [0.25, 0.3) is 10.2 Å². The average molecular weight is 462 g/mol. The number of aryl methyl sites for hydroxylation is 2. The van der Waals surface area contributed by atoms with Crippen LogP contribution >= 0.6 is 34.7 Å². The highest BCUT2D eigenvalue weighted by Crippen LogP contribution is 2.34. The van der Waals surface area contributed by atoms with Crippen LogP contribution in [0.5, 0.6) is 0 Å². The molecule has 30 heavy (non-hydrogen) atoms. The quantitative estimate of drug-likeness (QED) is 0.364. The Morgan fingerprint density at radius 1 is 1.10 bits per heavy atom. The second-order valence-corrected chi connectivity index (χ2v) is 10.2. The number of benzene rings is 2. The molecule has 1 amide bonds. The minimum atomic E-state index is 0.121. The van der Waals surface area contributed by atoms with Crippen molar-refractivity contribution in [3.05, 3.63) is 52.5 Å². The van der Waals surface area contributed by atoms with Gasteiger partial charge in [0.15, 0.2) is 5.13 Å². The molecule has 3 aromatic rings. The summed E-state index contributed by atoms with van der Waals surface area (Å²) >= 11 is 9.55. The van der Waals surface area contributed by atoms with Gasteiger partial charge in [0.2, 0.25) is 5.91 Å². The van der Waals surface area contributed by atoms with E-state index in [4.69, 9.17) is 16.6 Å². The van der Waals surface area contributed by atoms with E-state index in [1.165, 1.54) is 10.5 Å². The van der Waals surface area contributed by atoms with Gasteiger partial charge in [-0.15, -0.1) is 11.8 Å². The smallest absolute Gasteiger partial charge is 0.229 e. The van der Waals surface area contributed by atoms with Crippen LogP contribution in [0.1, 0.15) is 24.0 Å². The molecule has 0 atom stereocenters. The molecule has 0 aliphatic heterocycles. The van der Waals surface area contributed by atoms with Crippen molar-refractivity contribution in [1.82, 2.24) is 9.88 Å². The molecular weight excluding hydrogens is 434 g/mol. The minimum Gasteiger partial charge on any atom is -0.309 e. The molecule has 0 saturated heterocycles. The summed E-state index contributed by atoms with van der Waals surface area (Å²) in [5.74, 6) is 0.873. The van der Waals surface area contributed by atoms with Crippen molar-refractivity contribution in [3.8, 4) is 0 Å². The van der Waals surface area contributed by atoms with Gasteiger partial charge < -0.3 is 4.90 Å². The predicted molar refractivity (Wildman–Crippen MR) is 131 cm³/mol. The Kier molecular flexibility index (Phi) is 8.17. The highest BCUT2D eigenvalue weighted by molar-refractivity contribution is 7.99. The van der Waals surface area contributed by atoms with Crippen LogP contribution in [-0.2, 0) is 4.79 Å². The summed E-state index contributed by atoms with van der Waals surface area (Å²) in [6, 6.07) is 12.3. The van der Waals surface area contributed by atoms with E-state index in [1.807, 2.05) is 38.1 Å². The van der Waals surface area contributed by atoms with Crippen molar-refractivity contribution < 1.29 is 4.79 Å². The summed E-state index contributed by atoms with van der Waals surface area (Å²) < 4.78 is 1.06. The van der Waals surface area contributed by atoms with E-state index in [0.29, 0.717) is 18.0 Å². The molecule has 4 nitrogen and oxygen atoms in total. The number of hydrogen-bond donors (Lipinski definition) is 0. The van der Waals surface area contributed by atoms with Gasteiger partial charge in [-0.1, -0.05) is 40.6 Å². The molecule has 0 aliphatic carbocycles. The Morgan fingerprint density at radius 2 is 1.83 bits per heavy atom. The summed E-state index contributed by atoms with van der Waals surface area (Å²) in [4.78, 5) is 23.1. The van der Waals surface area contributed by atoms with Crippen molar-refractivity contribution in [2.24, 2.45) is 0 Å². The van der Waals surface area contributed by atoms with Crippen molar-refractivity contribution in [3.63, 3.8) is 0 Å². The van der Waals surface area contributed by atoms with Gasteiger partial charge in [0, 0.05) is 28.6 Å². The summed E-state index contributed by atoms with van der Waals surface area (Å²) in [6.07, 6.45) is 1.38. The first-order valence-corrected chi connectivity index (χ1v) is 12.2. The third-order valence-corrected chi connectivity index (χ3v) is 7.33. The number of fused-ring (bicyclic) bond motifs is 1. The van der Waals surface area contributed by atoms with Gasteiger partial charge in [-0.3, -0.25) is 9.69 Å². The zero-order valence-corrected chi connectivity index (χ0v) is 20.3. The molecule has 3 rings (SSSR count). The van der Waals surface area contributed by atoms with Crippen molar-refractivity contribution in [2.45, 2.75) is 31.6 Å². The van der Waals surface area contributed by atoms with Crippen LogP contribution in [0.2, 0.25) is 5.02 Å². The minimum absolute atomic E-state index is 0.121. The first-order chi connectivity index (χ1) is 14.3. The second kappa shape index (κ2) is 10.6. The fraction of sp³-hybridized carbons (Fsp3) is 0.391. The number of nitrogens with zero attached hydrogens (tertiary/aromatic N) is 3. The van der Waals surface area contributed by atoms with E-state index in [-0.39, 0.29) is 5.91 Å². The summed E-state index contributed by atoms with van der Waals surface area (Å²) in [7, 11) is 4.10. The maximum atomic E-state index is 13.1. The maximum Gasteiger partial charge on any atom is 0.229 e. The van der Waals surface area contributed by atoms with Crippen LogP contribution in [0, 0.1) is 13.8 Å². The molecular formula is C23H28ClN3OS2. The number of anilines is 1. The van der Waals surface area contributed by atoms with Crippen LogP contribution in [-0.4, -0.2) is 48.7 Å². The van der Waals surface area contributed by atoms with Crippen LogP contribution < -0.4 is 4.90 Å². The maximum absolute atomic E-state index is 13.1. The van der Waals surface area contributed by atoms with E-state index in [0.717, 1.165) is 39.6 Å². The van der Waals surface area contributed by atoms with Gasteiger partial charge in [-0.25, -0.2) is 4.98 Å². The number of hydrogen-bond acceptors (Lipinski definition) is 5. The monoisotopic (exact) mass is 461 g/mol. The number of thiazole rings is 1. The number of amides is 1. The highest BCUT2D eigenvalue weighted by Gasteiger charge is 2.20. The molecule has 0 aliphatic rings. The topological polar surface area (TPSA) is 36.4 Å². The lowest BCUT2D eigenvalue weighted by molar-refractivity contribution is -0.118. The Labute approximate surface area is 192 Å². The molecule has 0 N–H and O–H groups in total. The zero-order chi connectivity index (χ0) is 21.7. The largest absolute Gasteiger partial charge is 0.309 e. The summed E-state index contributed by atoms with van der Waals surface area (Å²) in [5.41, 5.74) is 3.10. The molecule has 0 bridgehead atoms. The number of aromatic nitrogens is 1. The molecule has 1 aromatic heterocycles. The lowest BCUT2D eigenvalue weighted by Gasteiger charge is -2.21. The molecule has 7 heteroatoms. The molecule has 0 saturated carbocycles. The van der Waals surface area contributed by atoms with Gasteiger partial charge in [-0.2, -0.15) is 0 Å².